The number of hydrogen-bond donors (Lipinski definition) is 2. The van der Waals surface area contributed by atoms with Gasteiger partial charge in [-0.2, -0.15) is 9.90 Å². The molecule has 3 aromatic rings. The first-order valence-electron chi connectivity index (χ1n) is 10.5. The van der Waals surface area contributed by atoms with Crippen LogP contribution in [0.1, 0.15) is 16.7 Å². The fourth-order valence-electron chi connectivity index (χ4n) is 5.11. The average molecular weight is 467 g/mol. The third kappa shape index (κ3) is 3.50. The smallest absolute Gasteiger partial charge is 0.185 e. The number of nitrogens with one attached hydrogen (secondary N) is 2. The molecule has 0 bridgehead atoms. The zero-order valence-electron chi connectivity index (χ0n) is 18.2. The largest absolute Gasteiger partial charge is 0.355 e. The first-order valence-corrected chi connectivity index (χ1v) is 11.6. The fraction of sp³-hybridized carbons (Fsp3) is 0.304. The SMILES string of the molecule is Cc1cc(Nc2ccc(F)cc2)c(C=N)cc1C12CN(S(=O)c3cnn(C)n3)CC1C2C=O. The van der Waals surface area contributed by atoms with Gasteiger partial charge in [0.2, 0.25) is 0 Å². The van der Waals surface area contributed by atoms with Gasteiger partial charge in [-0.3, -0.25) is 0 Å². The number of carbonyl (C=O) groups excluding carboxylic acids is 1. The number of anilines is 2. The Morgan fingerprint density at radius 1 is 1.30 bits per heavy atom. The van der Waals surface area contributed by atoms with Gasteiger partial charge in [0.05, 0.1) is 6.20 Å². The highest BCUT2D eigenvalue weighted by atomic mass is 32.2. The van der Waals surface area contributed by atoms with Crippen LogP contribution in [0.2, 0.25) is 0 Å². The fourth-order valence-corrected chi connectivity index (χ4v) is 6.33. The van der Waals surface area contributed by atoms with Crippen molar-refractivity contribution in [2.45, 2.75) is 17.4 Å². The maximum absolute atomic E-state index is 13.2. The lowest BCUT2D eigenvalue weighted by atomic mass is 9.87. The van der Waals surface area contributed by atoms with Crippen LogP contribution < -0.4 is 5.32 Å². The Morgan fingerprint density at radius 3 is 2.70 bits per heavy atom. The predicted molar refractivity (Wildman–Crippen MR) is 122 cm³/mol. The molecule has 33 heavy (non-hydrogen) atoms. The molecule has 2 heterocycles. The Bertz CT molecular complexity index is 1280. The first-order chi connectivity index (χ1) is 15.9. The summed E-state index contributed by atoms with van der Waals surface area (Å²) >= 11 is 0. The second-order valence-corrected chi connectivity index (χ2v) is 10.0. The van der Waals surface area contributed by atoms with Gasteiger partial charge < -0.3 is 15.5 Å². The molecule has 8 nitrogen and oxygen atoms in total. The number of piperidine rings is 1. The highest BCUT2D eigenvalue weighted by Crippen LogP contribution is 2.64. The molecule has 1 aromatic heterocycles. The summed E-state index contributed by atoms with van der Waals surface area (Å²) in [6.07, 6.45) is 3.77. The van der Waals surface area contributed by atoms with E-state index in [9.17, 15) is 13.4 Å². The summed E-state index contributed by atoms with van der Waals surface area (Å²) in [6, 6.07) is 9.93. The lowest BCUT2D eigenvalue weighted by Gasteiger charge is -2.23. The maximum Gasteiger partial charge on any atom is 0.185 e. The van der Waals surface area contributed by atoms with Gasteiger partial charge >= 0.3 is 0 Å². The topological polar surface area (TPSA) is 104 Å². The molecule has 5 rings (SSSR count). The van der Waals surface area contributed by atoms with Gasteiger partial charge in [-0.15, -0.1) is 5.10 Å². The highest BCUT2D eigenvalue weighted by molar-refractivity contribution is 7.82. The zero-order valence-corrected chi connectivity index (χ0v) is 19.0. The second kappa shape index (κ2) is 7.96. The minimum absolute atomic E-state index is 0.0591. The molecule has 4 unspecified atom stereocenters. The Balaban J connectivity index is 1.47. The minimum Gasteiger partial charge on any atom is -0.355 e. The summed E-state index contributed by atoms with van der Waals surface area (Å²) in [4.78, 5) is 13.3. The molecule has 4 atom stereocenters. The van der Waals surface area contributed by atoms with Gasteiger partial charge in [-0.1, -0.05) is 0 Å². The minimum atomic E-state index is -1.46. The number of rotatable bonds is 7. The van der Waals surface area contributed by atoms with Crippen molar-refractivity contribution >= 4 is 34.9 Å². The summed E-state index contributed by atoms with van der Waals surface area (Å²) in [6.45, 7) is 2.97. The number of hydrogen-bond acceptors (Lipinski definition) is 6. The Hall–Kier alpha value is -3.24. The van der Waals surface area contributed by atoms with Crippen molar-refractivity contribution in [2.24, 2.45) is 18.9 Å². The Labute approximate surface area is 192 Å². The number of aldehydes is 1. The van der Waals surface area contributed by atoms with E-state index >= 15 is 0 Å². The molecule has 0 spiro atoms. The first kappa shape index (κ1) is 21.6. The van der Waals surface area contributed by atoms with Gasteiger partial charge in [-0.25, -0.2) is 12.9 Å². The quantitative estimate of drug-likeness (QED) is 0.412. The van der Waals surface area contributed by atoms with Crippen molar-refractivity contribution in [3.63, 3.8) is 0 Å². The molecule has 2 fully saturated rings. The number of benzene rings is 2. The molecule has 1 saturated heterocycles. The van der Waals surface area contributed by atoms with Crippen LogP contribution >= 0.6 is 0 Å². The van der Waals surface area contributed by atoms with Crippen LogP contribution in [0.25, 0.3) is 0 Å². The van der Waals surface area contributed by atoms with E-state index in [0.717, 1.165) is 23.1 Å². The lowest BCUT2D eigenvalue weighted by Crippen LogP contribution is -2.32. The lowest BCUT2D eigenvalue weighted by molar-refractivity contribution is -0.109. The van der Waals surface area contributed by atoms with E-state index in [1.807, 2.05) is 23.4 Å². The van der Waals surface area contributed by atoms with Gasteiger partial charge in [0.15, 0.2) is 5.03 Å². The zero-order chi connectivity index (χ0) is 23.3. The van der Waals surface area contributed by atoms with Gasteiger partial charge in [0.25, 0.3) is 0 Å². The van der Waals surface area contributed by atoms with Crippen LogP contribution in [0.15, 0.2) is 47.6 Å². The highest BCUT2D eigenvalue weighted by Gasteiger charge is 2.70. The summed E-state index contributed by atoms with van der Waals surface area (Å²) in [5.41, 5.74) is 3.64. The molecule has 0 radical (unpaired) electrons. The number of carbonyl (C=O) groups is 1. The molecule has 10 heteroatoms. The summed E-state index contributed by atoms with van der Waals surface area (Å²) in [7, 11) is 0.220. The van der Waals surface area contributed by atoms with Crippen LogP contribution in [0.4, 0.5) is 15.8 Å². The van der Waals surface area contributed by atoms with E-state index in [0.29, 0.717) is 29.4 Å². The number of aromatic nitrogens is 3. The molecular formula is C23H23FN6O2S. The van der Waals surface area contributed by atoms with Crippen molar-refractivity contribution in [1.29, 1.82) is 5.41 Å². The number of fused-ring (bicyclic) bond motifs is 1. The third-order valence-electron chi connectivity index (χ3n) is 6.73. The Kier molecular flexibility index (Phi) is 5.21. The normalized spacial score (nSPS) is 24.8. The van der Waals surface area contributed by atoms with E-state index in [1.165, 1.54) is 29.3 Å². The number of halogens is 1. The van der Waals surface area contributed by atoms with Crippen LogP contribution in [0.3, 0.4) is 0 Å². The van der Waals surface area contributed by atoms with E-state index in [-0.39, 0.29) is 17.7 Å². The molecule has 1 saturated carbocycles. The molecule has 0 amide bonds. The molecule has 2 aromatic carbocycles. The van der Waals surface area contributed by atoms with Crippen LogP contribution in [0, 0.1) is 30.0 Å². The van der Waals surface area contributed by atoms with Crippen molar-refractivity contribution < 1.29 is 13.4 Å². The van der Waals surface area contributed by atoms with E-state index in [1.54, 1.807) is 19.2 Å². The molecular weight excluding hydrogens is 443 g/mol. The average Bonchev–Trinajstić information content (AvgIpc) is 3.09. The molecule has 2 N–H and O–H groups in total. The Morgan fingerprint density at radius 2 is 2.06 bits per heavy atom. The van der Waals surface area contributed by atoms with Gasteiger partial charge in [-0.05, 0) is 60.4 Å². The van der Waals surface area contributed by atoms with Crippen molar-refractivity contribution in [3.8, 4) is 0 Å². The summed E-state index contributed by atoms with van der Waals surface area (Å²) in [5, 5.41) is 19.8. The number of aryl methyl sites for hydroxylation is 2. The van der Waals surface area contributed by atoms with Gasteiger partial charge in [0.1, 0.15) is 23.1 Å². The van der Waals surface area contributed by atoms with E-state index in [2.05, 4.69) is 15.5 Å². The standard InChI is InChI=1S/C23H23FN6O2S/c1-14-7-21(27-17-5-3-16(24)4-6-17)15(9-25)8-18(14)23-13-30(11-19(23)20(23)12-31)33(32)22-10-26-29(2)28-22/h3-10,12,19-20,25,27H,11,13H2,1-2H3. The van der Waals surface area contributed by atoms with Crippen LogP contribution in [-0.4, -0.2) is 49.1 Å². The van der Waals surface area contributed by atoms with E-state index in [4.69, 9.17) is 5.41 Å². The number of nitrogens with zero attached hydrogens (tertiary/aromatic N) is 4. The maximum atomic E-state index is 13.2. The molecule has 170 valence electrons. The van der Waals surface area contributed by atoms with E-state index < -0.39 is 16.4 Å². The summed E-state index contributed by atoms with van der Waals surface area (Å²) in [5.74, 6) is -0.410. The van der Waals surface area contributed by atoms with Crippen molar-refractivity contribution in [1.82, 2.24) is 19.3 Å². The molecule has 1 aliphatic carbocycles. The van der Waals surface area contributed by atoms with Crippen LogP contribution in [0.5, 0.6) is 0 Å². The van der Waals surface area contributed by atoms with Crippen LogP contribution in [-0.2, 0) is 28.2 Å². The second-order valence-electron chi connectivity index (χ2n) is 8.58. The molecule has 2 aliphatic rings. The monoisotopic (exact) mass is 466 g/mol. The molecule has 1 aliphatic heterocycles. The summed E-state index contributed by atoms with van der Waals surface area (Å²) < 4.78 is 28.1. The predicted octanol–water partition coefficient (Wildman–Crippen LogP) is 2.72. The van der Waals surface area contributed by atoms with Crippen molar-refractivity contribution in [3.05, 3.63) is 65.1 Å². The van der Waals surface area contributed by atoms with Crippen molar-refractivity contribution in [2.75, 3.05) is 18.4 Å². The third-order valence-corrected chi connectivity index (χ3v) is 8.03. The van der Waals surface area contributed by atoms with Gasteiger partial charge in [0, 0.05) is 54.6 Å².